The molecule has 0 aliphatic rings. The van der Waals surface area contributed by atoms with E-state index in [1.807, 2.05) is 0 Å². The summed E-state index contributed by atoms with van der Waals surface area (Å²) in [7, 11) is -2.95. The van der Waals surface area contributed by atoms with Gasteiger partial charge in [0.05, 0.1) is 23.7 Å². The van der Waals surface area contributed by atoms with Crippen LogP contribution >= 0.6 is 0 Å². The third-order valence-corrected chi connectivity index (χ3v) is 5.23. The molecular formula is C18H20N2O8S. The molecule has 0 saturated heterocycles. The average Bonchev–Trinajstić information content (AvgIpc) is 2.64. The maximum atomic E-state index is 12.2. The third kappa shape index (κ3) is 4.63. The van der Waals surface area contributed by atoms with Gasteiger partial charge in [0.2, 0.25) is 10.0 Å². The quantitative estimate of drug-likeness (QED) is 0.405. The summed E-state index contributed by atoms with van der Waals surface area (Å²) in [4.78, 5) is 31.4. The Kier molecular flexibility index (Phi) is 6.44. The lowest BCUT2D eigenvalue weighted by Crippen LogP contribution is -2.17. The predicted octanol–water partition coefficient (Wildman–Crippen LogP) is 2.78. The minimum absolute atomic E-state index is 0.0127. The van der Waals surface area contributed by atoms with E-state index in [1.165, 1.54) is 45.2 Å². The van der Waals surface area contributed by atoms with Gasteiger partial charge < -0.3 is 4.74 Å². The number of ether oxygens (including phenoxy) is 1. The van der Waals surface area contributed by atoms with Crippen molar-refractivity contribution >= 4 is 21.7 Å². The number of carbonyl (C=O) groups excluding carboxylic acids is 1. The molecule has 0 spiro atoms. The number of aryl methyl sites for hydroxylation is 1. The first kappa shape index (κ1) is 22.1. The number of rotatable bonds is 7. The molecule has 0 fully saturated rings. The summed E-state index contributed by atoms with van der Waals surface area (Å²) < 4.78 is 29.4. The molecule has 2 N–H and O–H groups in total. The lowest BCUT2D eigenvalue weighted by Gasteiger charge is -2.17. The molecule has 0 bridgehead atoms. The standard InChI is InChI=1S/C18H20N2O8S/c1-5-16(21)28-27-15-8-10(2)17(11(3)18(15)29(19,24)25)13-7-6-12(26-4)9-14(13)20(22)23/h6-9H,5H2,1-4H3,(H2,19,24,25). The van der Waals surface area contributed by atoms with Crippen LogP contribution in [-0.2, 0) is 19.7 Å². The molecule has 0 unspecified atom stereocenters. The second-order valence-corrected chi connectivity index (χ2v) is 7.60. The molecule has 0 heterocycles. The third-order valence-electron chi connectivity index (χ3n) is 4.15. The Balaban J connectivity index is 2.79. The first-order chi connectivity index (χ1) is 13.5. The number of primary sulfonamides is 1. The second-order valence-electron chi connectivity index (χ2n) is 6.10. The van der Waals surface area contributed by atoms with Crippen molar-refractivity contribution in [1.29, 1.82) is 0 Å². The van der Waals surface area contributed by atoms with Gasteiger partial charge >= 0.3 is 5.97 Å². The van der Waals surface area contributed by atoms with Gasteiger partial charge in [-0.15, -0.1) is 0 Å². The Labute approximate surface area is 167 Å². The summed E-state index contributed by atoms with van der Waals surface area (Å²) in [6, 6.07) is 5.50. The summed E-state index contributed by atoms with van der Waals surface area (Å²) in [6.07, 6.45) is 0.0127. The first-order valence-electron chi connectivity index (χ1n) is 8.38. The molecule has 0 aliphatic heterocycles. The smallest absolute Gasteiger partial charge is 0.355 e. The molecule has 0 radical (unpaired) electrons. The van der Waals surface area contributed by atoms with E-state index in [0.29, 0.717) is 5.56 Å². The summed E-state index contributed by atoms with van der Waals surface area (Å²) in [5, 5.41) is 16.9. The number of nitrogens with zero attached hydrogens (tertiary/aromatic N) is 1. The van der Waals surface area contributed by atoms with Gasteiger partial charge in [0.1, 0.15) is 10.6 Å². The van der Waals surface area contributed by atoms with Crippen LogP contribution in [0.15, 0.2) is 29.2 Å². The molecule has 156 valence electrons. The van der Waals surface area contributed by atoms with Crippen LogP contribution in [0.3, 0.4) is 0 Å². The van der Waals surface area contributed by atoms with Gasteiger partial charge in [0, 0.05) is 6.42 Å². The van der Waals surface area contributed by atoms with E-state index in [4.69, 9.17) is 14.8 Å². The van der Waals surface area contributed by atoms with Gasteiger partial charge in [-0.1, -0.05) is 6.92 Å². The Bertz CT molecular complexity index is 1080. The molecule has 0 amide bonds. The van der Waals surface area contributed by atoms with E-state index < -0.39 is 25.8 Å². The van der Waals surface area contributed by atoms with Gasteiger partial charge in [-0.3, -0.25) is 19.9 Å². The number of sulfonamides is 1. The number of nitro groups is 1. The van der Waals surface area contributed by atoms with Crippen LogP contribution in [0.4, 0.5) is 5.69 Å². The first-order valence-corrected chi connectivity index (χ1v) is 9.93. The van der Waals surface area contributed by atoms with Crippen LogP contribution in [0.25, 0.3) is 11.1 Å². The largest absolute Gasteiger partial charge is 0.497 e. The van der Waals surface area contributed by atoms with Gasteiger partial charge in [0.15, 0.2) is 5.75 Å². The zero-order valence-electron chi connectivity index (χ0n) is 16.2. The zero-order valence-corrected chi connectivity index (χ0v) is 17.0. The van der Waals surface area contributed by atoms with Gasteiger partial charge in [-0.25, -0.2) is 18.4 Å². The average molecular weight is 424 g/mol. The van der Waals surface area contributed by atoms with E-state index >= 15 is 0 Å². The highest BCUT2D eigenvalue weighted by Crippen LogP contribution is 2.41. The summed E-state index contributed by atoms with van der Waals surface area (Å²) in [6.45, 7) is 4.58. The number of nitrogens with two attached hydrogens (primary N) is 1. The van der Waals surface area contributed by atoms with Crippen LogP contribution in [0.2, 0.25) is 0 Å². The van der Waals surface area contributed by atoms with Crippen molar-refractivity contribution in [2.24, 2.45) is 5.14 Å². The van der Waals surface area contributed by atoms with Crippen molar-refractivity contribution < 1.29 is 32.6 Å². The molecule has 10 nitrogen and oxygen atoms in total. The summed E-state index contributed by atoms with van der Waals surface area (Å²) in [5.74, 6) is -0.728. The summed E-state index contributed by atoms with van der Waals surface area (Å²) in [5.41, 5.74) is 0.751. The van der Waals surface area contributed by atoms with Crippen LogP contribution in [0.5, 0.6) is 11.5 Å². The Morgan fingerprint density at radius 1 is 1.24 bits per heavy atom. The van der Waals surface area contributed by atoms with Crippen molar-refractivity contribution in [3.8, 4) is 22.6 Å². The van der Waals surface area contributed by atoms with E-state index in [-0.39, 0.29) is 40.3 Å². The lowest BCUT2D eigenvalue weighted by molar-refractivity contribution is -0.384. The zero-order chi connectivity index (χ0) is 21.9. The van der Waals surface area contributed by atoms with Gasteiger partial charge in [-0.05, 0) is 48.7 Å². The number of carbonyl (C=O) groups is 1. The minimum atomic E-state index is -4.32. The highest BCUT2D eigenvalue weighted by molar-refractivity contribution is 7.89. The van der Waals surface area contributed by atoms with Crippen LogP contribution < -0.4 is 14.8 Å². The predicted molar refractivity (Wildman–Crippen MR) is 103 cm³/mol. The number of methoxy groups -OCH3 is 1. The summed E-state index contributed by atoms with van der Waals surface area (Å²) >= 11 is 0. The van der Waals surface area contributed by atoms with E-state index in [0.717, 1.165) is 0 Å². The molecule has 0 aliphatic carbocycles. The molecule has 2 rings (SSSR count). The number of hydrogen-bond donors (Lipinski definition) is 1. The fourth-order valence-corrected chi connectivity index (χ4v) is 3.81. The van der Waals surface area contributed by atoms with Crippen LogP contribution in [0.1, 0.15) is 24.5 Å². The molecule has 11 heteroatoms. The van der Waals surface area contributed by atoms with Crippen LogP contribution in [-0.4, -0.2) is 26.4 Å². The monoisotopic (exact) mass is 424 g/mol. The molecule has 2 aromatic carbocycles. The lowest BCUT2D eigenvalue weighted by atomic mass is 9.94. The minimum Gasteiger partial charge on any atom is -0.497 e. The Hall–Kier alpha value is -3.18. The maximum absolute atomic E-state index is 12.2. The van der Waals surface area contributed by atoms with E-state index in [1.54, 1.807) is 6.92 Å². The van der Waals surface area contributed by atoms with Crippen LogP contribution in [0, 0.1) is 24.0 Å². The van der Waals surface area contributed by atoms with Gasteiger partial charge in [0.25, 0.3) is 5.69 Å². The maximum Gasteiger partial charge on any atom is 0.355 e. The highest BCUT2D eigenvalue weighted by Gasteiger charge is 2.28. The number of nitro benzene ring substituents is 1. The topological polar surface area (TPSA) is 148 Å². The van der Waals surface area contributed by atoms with Gasteiger partial charge in [-0.2, -0.15) is 0 Å². The molecule has 0 atom stereocenters. The molecule has 0 saturated carbocycles. The fourth-order valence-electron chi connectivity index (χ4n) is 2.91. The SMILES string of the molecule is CCC(=O)OOc1cc(C)c(-c2ccc(OC)cc2[N+](=O)[O-])c(C)c1S(N)(=O)=O. The fraction of sp³-hybridized carbons (Fsp3) is 0.278. The van der Waals surface area contributed by atoms with E-state index in [9.17, 15) is 23.3 Å². The number of benzene rings is 2. The highest BCUT2D eigenvalue weighted by atomic mass is 32.2. The second kappa shape index (κ2) is 8.45. The van der Waals surface area contributed by atoms with E-state index in [2.05, 4.69) is 4.89 Å². The Morgan fingerprint density at radius 2 is 1.90 bits per heavy atom. The number of hydrogen-bond acceptors (Lipinski definition) is 8. The molecule has 29 heavy (non-hydrogen) atoms. The Morgan fingerprint density at radius 3 is 2.41 bits per heavy atom. The molecule has 0 aromatic heterocycles. The van der Waals surface area contributed by atoms with Crippen molar-refractivity contribution in [1.82, 2.24) is 0 Å². The molecule has 2 aromatic rings. The molecular weight excluding hydrogens is 404 g/mol. The normalized spacial score (nSPS) is 11.1. The van der Waals surface area contributed by atoms with Crippen molar-refractivity contribution in [3.63, 3.8) is 0 Å². The van der Waals surface area contributed by atoms with Crippen molar-refractivity contribution in [3.05, 3.63) is 45.5 Å². The van der Waals surface area contributed by atoms with Crippen molar-refractivity contribution in [2.45, 2.75) is 32.1 Å². The van der Waals surface area contributed by atoms with Crippen molar-refractivity contribution in [2.75, 3.05) is 7.11 Å².